The number of amides is 1. The molecule has 0 aliphatic heterocycles. The van der Waals surface area contributed by atoms with Gasteiger partial charge in [0, 0.05) is 5.56 Å². The van der Waals surface area contributed by atoms with Gasteiger partial charge in [0.05, 0.1) is 11.6 Å². The molecular weight excluding hydrogens is 356 g/mol. The van der Waals surface area contributed by atoms with Gasteiger partial charge in [0.25, 0.3) is 5.91 Å². The Balaban J connectivity index is 1.63. The van der Waals surface area contributed by atoms with Crippen LogP contribution in [0.1, 0.15) is 41.6 Å². The van der Waals surface area contributed by atoms with Gasteiger partial charge in [0.15, 0.2) is 11.9 Å². The molecule has 0 aliphatic rings. The maximum absolute atomic E-state index is 12.5. The molecule has 0 saturated carbocycles. The SMILES string of the molecule is Cc1nc(-c2cccc(C(=O)O[C@H](C)C(=O)N[C@@H](C)c3ccccc3)c2)n[nH]1. The molecule has 2 atom stereocenters. The Labute approximate surface area is 163 Å². The fourth-order valence-corrected chi connectivity index (χ4v) is 2.69. The molecule has 0 radical (unpaired) electrons. The zero-order valence-electron chi connectivity index (χ0n) is 16.0. The molecule has 0 unspecified atom stereocenters. The number of carbonyl (C=O) groups excluding carboxylic acids is 2. The van der Waals surface area contributed by atoms with E-state index in [1.807, 2.05) is 37.3 Å². The second-order valence-corrected chi connectivity index (χ2v) is 6.51. The van der Waals surface area contributed by atoms with Gasteiger partial charge in [-0.2, -0.15) is 5.10 Å². The highest BCUT2D eigenvalue weighted by molar-refractivity contribution is 5.93. The van der Waals surface area contributed by atoms with Crippen LogP contribution in [0.5, 0.6) is 0 Å². The van der Waals surface area contributed by atoms with Gasteiger partial charge in [-0.25, -0.2) is 9.78 Å². The molecule has 1 aromatic heterocycles. The first-order valence-corrected chi connectivity index (χ1v) is 9.00. The van der Waals surface area contributed by atoms with Crippen molar-refractivity contribution in [2.75, 3.05) is 0 Å². The molecule has 0 fully saturated rings. The van der Waals surface area contributed by atoms with E-state index in [0.29, 0.717) is 22.8 Å². The molecule has 144 valence electrons. The van der Waals surface area contributed by atoms with Gasteiger partial charge in [-0.3, -0.25) is 9.89 Å². The number of aromatic amines is 1. The summed E-state index contributed by atoms with van der Waals surface area (Å²) in [6, 6.07) is 16.2. The van der Waals surface area contributed by atoms with Gasteiger partial charge in [0.2, 0.25) is 0 Å². The summed E-state index contributed by atoms with van der Waals surface area (Å²) in [5, 5.41) is 9.70. The highest BCUT2D eigenvalue weighted by atomic mass is 16.5. The lowest BCUT2D eigenvalue weighted by atomic mass is 10.1. The van der Waals surface area contributed by atoms with Gasteiger partial charge in [-0.05, 0) is 38.5 Å². The summed E-state index contributed by atoms with van der Waals surface area (Å²) in [5.41, 5.74) is 1.99. The van der Waals surface area contributed by atoms with E-state index < -0.39 is 12.1 Å². The van der Waals surface area contributed by atoms with Gasteiger partial charge >= 0.3 is 5.97 Å². The molecule has 0 aliphatic carbocycles. The maximum Gasteiger partial charge on any atom is 0.338 e. The van der Waals surface area contributed by atoms with E-state index in [2.05, 4.69) is 20.5 Å². The third kappa shape index (κ3) is 4.62. The van der Waals surface area contributed by atoms with E-state index in [1.54, 1.807) is 38.1 Å². The van der Waals surface area contributed by atoms with Crippen molar-refractivity contribution < 1.29 is 14.3 Å². The summed E-state index contributed by atoms with van der Waals surface area (Å²) in [5.74, 6) is 0.241. The third-order valence-corrected chi connectivity index (χ3v) is 4.27. The van der Waals surface area contributed by atoms with Crippen LogP contribution in [0, 0.1) is 6.92 Å². The molecule has 28 heavy (non-hydrogen) atoms. The number of rotatable bonds is 6. The Bertz CT molecular complexity index is 969. The molecule has 1 amide bonds. The molecule has 7 nitrogen and oxygen atoms in total. The van der Waals surface area contributed by atoms with Crippen LogP contribution < -0.4 is 5.32 Å². The zero-order valence-corrected chi connectivity index (χ0v) is 16.0. The lowest BCUT2D eigenvalue weighted by molar-refractivity contribution is -0.129. The normalized spacial score (nSPS) is 12.8. The van der Waals surface area contributed by atoms with E-state index in [0.717, 1.165) is 5.56 Å². The van der Waals surface area contributed by atoms with Crippen molar-refractivity contribution in [2.45, 2.75) is 32.9 Å². The number of esters is 1. The summed E-state index contributed by atoms with van der Waals surface area (Å²) in [6.45, 7) is 5.23. The molecule has 0 saturated heterocycles. The van der Waals surface area contributed by atoms with Crippen molar-refractivity contribution >= 4 is 11.9 Å². The molecule has 2 N–H and O–H groups in total. The molecule has 0 bridgehead atoms. The summed E-state index contributed by atoms with van der Waals surface area (Å²) >= 11 is 0. The number of ether oxygens (including phenoxy) is 1. The van der Waals surface area contributed by atoms with Crippen molar-refractivity contribution in [1.29, 1.82) is 0 Å². The average molecular weight is 378 g/mol. The largest absolute Gasteiger partial charge is 0.449 e. The fourth-order valence-electron chi connectivity index (χ4n) is 2.69. The van der Waals surface area contributed by atoms with Gasteiger partial charge in [-0.1, -0.05) is 42.5 Å². The summed E-state index contributed by atoms with van der Waals surface area (Å²) in [7, 11) is 0. The molecule has 3 rings (SSSR count). The van der Waals surface area contributed by atoms with Crippen molar-refractivity contribution in [3.8, 4) is 11.4 Å². The maximum atomic E-state index is 12.5. The predicted molar refractivity (Wildman–Crippen MR) is 104 cm³/mol. The zero-order chi connectivity index (χ0) is 20.1. The minimum Gasteiger partial charge on any atom is -0.449 e. The highest BCUT2D eigenvalue weighted by Crippen LogP contribution is 2.17. The Morgan fingerprint density at radius 1 is 1.07 bits per heavy atom. The lowest BCUT2D eigenvalue weighted by Crippen LogP contribution is -2.37. The smallest absolute Gasteiger partial charge is 0.338 e. The molecule has 3 aromatic rings. The van der Waals surface area contributed by atoms with Crippen LogP contribution in [-0.2, 0) is 9.53 Å². The Morgan fingerprint density at radius 2 is 1.82 bits per heavy atom. The highest BCUT2D eigenvalue weighted by Gasteiger charge is 2.21. The molecular formula is C21H22N4O3. The number of H-pyrrole nitrogens is 1. The molecule has 7 heteroatoms. The lowest BCUT2D eigenvalue weighted by Gasteiger charge is -2.18. The average Bonchev–Trinajstić information content (AvgIpc) is 3.15. The first-order chi connectivity index (χ1) is 13.4. The Morgan fingerprint density at radius 3 is 2.50 bits per heavy atom. The van der Waals surface area contributed by atoms with Crippen LogP contribution in [0.4, 0.5) is 0 Å². The minimum atomic E-state index is -0.923. The number of aryl methyl sites for hydroxylation is 1. The van der Waals surface area contributed by atoms with Crippen molar-refractivity contribution in [1.82, 2.24) is 20.5 Å². The third-order valence-electron chi connectivity index (χ3n) is 4.27. The van der Waals surface area contributed by atoms with Gasteiger partial charge in [-0.15, -0.1) is 0 Å². The van der Waals surface area contributed by atoms with E-state index in [9.17, 15) is 9.59 Å². The minimum absolute atomic E-state index is 0.188. The number of nitrogens with zero attached hydrogens (tertiary/aromatic N) is 2. The number of carbonyl (C=O) groups is 2. The van der Waals surface area contributed by atoms with Crippen LogP contribution in [-0.4, -0.2) is 33.2 Å². The first-order valence-electron chi connectivity index (χ1n) is 9.00. The van der Waals surface area contributed by atoms with Crippen LogP contribution in [0.2, 0.25) is 0 Å². The molecule has 2 aromatic carbocycles. The number of aromatic nitrogens is 3. The number of benzene rings is 2. The van der Waals surface area contributed by atoms with Gasteiger partial charge < -0.3 is 10.1 Å². The topological polar surface area (TPSA) is 97.0 Å². The first kappa shape index (κ1) is 19.3. The Kier molecular flexibility index (Phi) is 5.84. The molecule has 1 heterocycles. The number of hydrogen-bond acceptors (Lipinski definition) is 5. The van der Waals surface area contributed by atoms with E-state index >= 15 is 0 Å². The number of hydrogen-bond donors (Lipinski definition) is 2. The molecule has 0 spiro atoms. The summed E-state index contributed by atoms with van der Waals surface area (Å²) in [6.07, 6.45) is -0.923. The Hall–Kier alpha value is -3.48. The van der Waals surface area contributed by atoms with E-state index in [-0.39, 0.29) is 11.9 Å². The monoisotopic (exact) mass is 378 g/mol. The standard InChI is InChI=1S/C21H22N4O3/c1-13(16-8-5-4-6-9-16)22-20(26)14(2)28-21(27)18-11-7-10-17(12-18)19-23-15(3)24-25-19/h4-14H,1-3H3,(H,22,26)(H,23,24,25)/t13-,14+/m0/s1. The van der Waals surface area contributed by atoms with Crippen molar-refractivity contribution in [3.05, 3.63) is 71.5 Å². The van der Waals surface area contributed by atoms with E-state index in [4.69, 9.17) is 4.74 Å². The second kappa shape index (κ2) is 8.47. The van der Waals surface area contributed by atoms with Crippen molar-refractivity contribution in [2.24, 2.45) is 0 Å². The summed E-state index contributed by atoms with van der Waals surface area (Å²) in [4.78, 5) is 29.1. The fraction of sp³-hybridized carbons (Fsp3) is 0.238. The van der Waals surface area contributed by atoms with Crippen LogP contribution in [0.25, 0.3) is 11.4 Å². The van der Waals surface area contributed by atoms with Crippen LogP contribution >= 0.6 is 0 Å². The summed E-state index contributed by atoms with van der Waals surface area (Å²) < 4.78 is 5.33. The van der Waals surface area contributed by atoms with E-state index in [1.165, 1.54) is 0 Å². The number of nitrogens with one attached hydrogen (secondary N) is 2. The van der Waals surface area contributed by atoms with Crippen LogP contribution in [0.3, 0.4) is 0 Å². The van der Waals surface area contributed by atoms with Crippen molar-refractivity contribution in [3.63, 3.8) is 0 Å². The quantitative estimate of drug-likeness (QED) is 0.642. The second-order valence-electron chi connectivity index (χ2n) is 6.51. The van der Waals surface area contributed by atoms with Crippen LogP contribution in [0.15, 0.2) is 54.6 Å². The predicted octanol–water partition coefficient (Wildman–Crippen LogP) is 3.20. The van der Waals surface area contributed by atoms with Gasteiger partial charge in [0.1, 0.15) is 5.82 Å².